The van der Waals surface area contributed by atoms with E-state index < -0.39 is 0 Å². The van der Waals surface area contributed by atoms with Crippen LogP contribution in [0.3, 0.4) is 0 Å². The van der Waals surface area contributed by atoms with Crippen molar-refractivity contribution in [2.24, 2.45) is 5.92 Å². The van der Waals surface area contributed by atoms with Gasteiger partial charge in [0.05, 0.1) is 11.3 Å². The summed E-state index contributed by atoms with van der Waals surface area (Å²) >= 11 is 3.05. The Hall–Kier alpha value is -2.06. The van der Waals surface area contributed by atoms with Gasteiger partial charge in [-0.25, -0.2) is 15.0 Å². The Morgan fingerprint density at radius 2 is 2.22 bits per heavy atom. The Kier molecular flexibility index (Phi) is 3.92. The lowest BCUT2D eigenvalue weighted by molar-refractivity contribution is -0.120. The largest absolute Gasteiger partial charge is 0.355 e. The first-order valence-corrected chi connectivity index (χ1v) is 9.21. The second-order valence-corrected chi connectivity index (χ2v) is 7.24. The normalized spacial score (nSPS) is 18.3. The predicted molar refractivity (Wildman–Crippen MR) is 93.1 cm³/mol. The minimum absolute atomic E-state index is 0.0419. The van der Waals surface area contributed by atoms with Crippen molar-refractivity contribution in [3.8, 4) is 0 Å². The fourth-order valence-electron chi connectivity index (χ4n) is 2.91. The summed E-state index contributed by atoms with van der Waals surface area (Å²) in [5.74, 6) is 0.930. The highest BCUT2D eigenvalue weighted by Crippen LogP contribution is 2.30. The maximum absolute atomic E-state index is 12.5. The highest BCUT2D eigenvalue weighted by Gasteiger charge is 2.28. The molecule has 4 heterocycles. The fourth-order valence-corrected chi connectivity index (χ4v) is 4.16. The van der Waals surface area contributed by atoms with Crippen LogP contribution in [0, 0.1) is 5.92 Å². The molecule has 3 aromatic heterocycles. The van der Waals surface area contributed by atoms with Gasteiger partial charge in [0.15, 0.2) is 5.13 Å². The van der Waals surface area contributed by atoms with Gasteiger partial charge in [-0.3, -0.25) is 4.79 Å². The van der Waals surface area contributed by atoms with Gasteiger partial charge in [0.25, 0.3) is 0 Å². The van der Waals surface area contributed by atoms with Crippen LogP contribution in [0.15, 0.2) is 29.4 Å². The van der Waals surface area contributed by atoms with E-state index in [2.05, 4.69) is 31.2 Å². The molecule has 1 aliphatic heterocycles. The summed E-state index contributed by atoms with van der Waals surface area (Å²) in [4.78, 5) is 28.5. The summed E-state index contributed by atoms with van der Waals surface area (Å²) in [6.45, 7) is 1.60. The molecule has 1 atom stereocenters. The van der Waals surface area contributed by atoms with Crippen molar-refractivity contribution in [2.45, 2.75) is 12.8 Å². The van der Waals surface area contributed by atoms with E-state index >= 15 is 0 Å². The fraction of sp³-hybridized carbons (Fsp3) is 0.333. The molecule has 0 spiro atoms. The number of anilines is 2. The van der Waals surface area contributed by atoms with Crippen molar-refractivity contribution in [3.05, 3.63) is 29.4 Å². The lowest BCUT2D eigenvalue weighted by Gasteiger charge is -2.32. The zero-order valence-corrected chi connectivity index (χ0v) is 13.9. The molecule has 4 rings (SSSR count). The van der Waals surface area contributed by atoms with Gasteiger partial charge in [-0.2, -0.15) is 0 Å². The SMILES string of the molecule is O=C(Nc1nccs1)[C@@H]1CCCN(c2ncnc3sccc23)C1. The minimum atomic E-state index is -0.0451. The van der Waals surface area contributed by atoms with Crippen LogP contribution in [0.25, 0.3) is 10.2 Å². The van der Waals surface area contributed by atoms with Crippen LogP contribution in [0.5, 0.6) is 0 Å². The summed E-state index contributed by atoms with van der Waals surface area (Å²) < 4.78 is 0. The Bertz CT molecular complexity index is 816. The van der Waals surface area contributed by atoms with Gasteiger partial charge in [0.1, 0.15) is 17.0 Å². The molecule has 1 amide bonds. The number of thiophene rings is 1. The van der Waals surface area contributed by atoms with Gasteiger partial charge >= 0.3 is 0 Å². The molecule has 23 heavy (non-hydrogen) atoms. The molecule has 118 valence electrons. The Labute approximate surface area is 141 Å². The molecule has 1 aliphatic rings. The van der Waals surface area contributed by atoms with Crippen LogP contribution in [0.2, 0.25) is 0 Å². The maximum Gasteiger partial charge on any atom is 0.231 e. The van der Waals surface area contributed by atoms with Crippen molar-refractivity contribution in [3.63, 3.8) is 0 Å². The average Bonchev–Trinajstić information content (AvgIpc) is 3.25. The molecule has 0 saturated carbocycles. The molecule has 0 bridgehead atoms. The van der Waals surface area contributed by atoms with Gasteiger partial charge in [-0.1, -0.05) is 0 Å². The minimum Gasteiger partial charge on any atom is -0.355 e. The van der Waals surface area contributed by atoms with E-state index in [4.69, 9.17) is 0 Å². The van der Waals surface area contributed by atoms with Gasteiger partial charge in [-0.05, 0) is 24.3 Å². The topological polar surface area (TPSA) is 71.0 Å². The highest BCUT2D eigenvalue weighted by atomic mass is 32.1. The third-order valence-electron chi connectivity index (χ3n) is 3.99. The lowest BCUT2D eigenvalue weighted by Crippen LogP contribution is -2.41. The van der Waals surface area contributed by atoms with Crippen LogP contribution in [-0.4, -0.2) is 33.9 Å². The molecule has 1 N–H and O–H groups in total. The molecule has 8 heteroatoms. The lowest BCUT2D eigenvalue weighted by atomic mass is 9.97. The van der Waals surface area contributed by atoms with E-state index in [0.717, 1.165) is 35.4 Å². The van der Waals surface area contributed by atoms with Gasteiger partial charge < -0.3 is 10.2 Å². The number of rotatable bonds is 3. The first-order valence-electron chi connectivity index (χ1n) is 7.45. The number of piperidine rings is 1. The van der Waals surface area contributed by atoms with Crippen LogP contribution in [0.4, 0.5) is 10.9 Å². The molecule has 1 saturated heterocycles. The number of fused-ring (bicyclic) bond motifs is 1. The summed E-state index contributed by atoms with van der Waals surface area (Å²) in [6.07, 6.45) is 5.17. The first kappa shape index (κ1) is 14.5. The predicted octanol–water partition coefficient (Wildman–Crippen LogP) is 3.00. The molecule has 0 aliphatic carbocycles. The summed E-state index contributed by atoms with van der Waals surface area (Å²) in [7, 11) is 0. The number of hydrogen-bond acceptors (Lipinski definition) is 7. The molecule has 0 radical (unpaired) electrons. The molecule has 0 aromatic carbocycles. The van der Waals surface area contributed by atoms with Gasteiger partial charge in [0, 0.05) is 24.7 Å². The van der Waals surface area contributed by atoms with E-state index in [0.29, 0.717) is 11.7 Å². The smallest absolute Gasteiger partial charge is 0.231 e. The van der Waals surface area contributed by atoms with Crippen molar-refractivity contribution in [2.75, 3.05) is 23.3 Å². The number of carbonyl (C=O) groups excluding carboxylic acids is 1. The summed E-state index contributed by atoms with van der Waals surface area (Å²) in [5, 5.41) is 8.52. The average molecular weight is 345 g/mol. The maximum atomic E-state index is 12.5. The van der Waals surface area contributed by atoms with E-state index in [-0.39, 0.29) is 11.8 Å². The zero-order valence-electron chi connectivity index (χ0n) is 12.3. The number of hydrogen-bond donors (Lipinski definition) is 1. The Balaban J connectivity index is 1.53. The Morgan fingerprint density at radius 3 is 3.09 bits per heavy atom. The number of aromatic nitrogens is 3. The van der Waals surface area contributed by atoms with Gasteiger partial charge in [0.2, 0.25) is 5.91 Å². The van der Waals surface area contributed by atoms with Crippen molar-refractivity contribution in [1.29, 1.82) is 0 Å². The number of carbonyl (C=O) groups is 1. The van der Waals surface area contributed by atoms with E-state index in [9.17, 15) is 4.79 Å². The molecular formula is C15H15N5OS2. The molecule has 0 unspecified atom stereocenters. The molecule has 6 nitrogen and oxygen atoms in total. The quantitative estimate of drug-likeness (QED) is 0.790. The van der Waals surface area contributed by atoms with Crippen LogP contribution in [0.1, 0.15) is 12.8 Å². The van der Waals surface area contributed by atoms with Crippen molar-refractivity contribution in [1.82, 2.24) is 15.0 Å². The van der Waals surface area contributed by atoms with Crippen molar-refractivity contribution >= 4 is 49.7 Å². The number of nitrogens with zero attached hydrogens (tertiary/aromatic N) is 4. The second-order valence-electron chi connectivity index (χ2n) is 5.45. The van der Waals surface area contributed by atoms with Crippen LogP contribution < -0.4 is 10.2 Å². The van der Waals surface area contributed by atoms with E-state index in [1.807, 2.05) is 10.8 Å². The third kappa shape index (κ3) is 2.91. The Morgan fingerprint density at radius 1 is 1.26 bits per heavy atom. The first-order chi connectivity index (χ1) is 11.3. The number of amides is 1. The molecular weight excluding hydrogens is 330 g/mol. The molecule has 3 aromatic rings. The monoisotopic (exact) mass is 345 g/mol. The standard InChI is InChI=1S/C15H15N5OS2/c21-13(19-15-16-4-7-23-15)10-2-1-5-20(8-10)12-11-3-6-22-14(11)18-9-17-12/h3-4,6-7,9-10H,1-2,5,8H2,(H,16,19,21)/t10-/m1/s1. The number of nitrogens with one attached hydrogen (secondary N) is 1. The number of thiazole rings is 1. The van der Waals surface area contributed by atoms with Crippen LogP contribution in [-0.2, 0) is 4.79 Å². The zero-order chi connectivity index (χ0) is 15.6. The van der Waals surface area contributed by atoms with Crippen molar-refractivity contribution < 1.29 is 4.79 Å². The van der Waals surface area contributed by atoms with E-state index in [1.165, 1.54) is 11.3 Å². The summed E-state index contributed by atoms with van der Waals surface area (Å²) in [5.41, 5.74) is 0. The highest BCUT2D eigenvalue weighted by molar-refractivity contribution is 7.16. The van der Waals surface area contributed by atoms with Gasteiger partial charge in [-0.15, -0.1) is 22.7 Å². The second kappa shape index (κ2) is 6.21. The van der Waals surface area contributed by atoms with E-state index in [1.54, 1.807) is 23.9 Å². The van der Waals surface area contributed by atoms with Crippen LogP contribution >= 0.6 is 22.7 Å². The third-order valence-corrected chi connectivity index (χ3v) is 5.50. The molecule has 1 fully saturated rings. The summed E-state index contributed by atoms with van der Waals surface area (Å²) in [6, 6.07) is 2.05.